The zero-order chi connectivity index (χ0) is 13.8. The molecule has 104 valence electrons. The molecule has 0 unspecified atom stereocenters. The molecule has 3 heterocycles. The molecule has 0 amide bonds. The molecule has 1 N–H and O–H groups in total. The van der Waals surface area contributed by atoms with Gasteiger partial charge >= 0.3 is 0 Å². The summed E-state index contributed by atoms with van der Waals surface area (Å²) in [4.78, 5) is 11.3. The van der Waals surface area contributed by atoms with E-state index in [-0.39, 0.29) is 0 Å². The summed E-state index contributed by atoms with van der Waals surface area (Å²) in [5, 5.41) is 3.46. The van der Waals surface area contributed by atoms with Gasteiger partial charge in [0.25, 0.3) is 0 Å². The lowest BCUT2D eigenvalue weighted by atomic mass is 10.2. The molecule has 4 nitrogen and oxygen atoms in total. The number of hydrogen-bond acceptors (Lipinski definition) is 4. The van der Waals surface area contributed by atoms with Crippen molar-refractivity contribution in [2.75, 3.05) is 23.3 Å². The van der Waals surface area contributed by atoms with E-state index in [4.69, 9.17) is 0 Å². The fourth-order valence-electron chi connectivity index (χ4n) is 2.50. The third-order valence-corrected chi connectivity index (χ3v) is 3.62. The molecule has 0 aliphatic carbocycles. The van der Waals surface area contributed by atoms with Crippen LogP contribution < -0.4 is 10.2 Å². The number of aromatic nitrogens is 2. The van der Waals surface area contributed by atoms with Crippen molar-refractivity contribution in [1.82, 2.24) is 9.97 Å². The molecule has 1 aliphatic heterocycles. The fourth-order valence-corrected chi connectivity index (χ4v) is 2.50. The fraction of sp³-hybridized carbons (Fsp3) is 0.375. The van der Waals surface area contributed by atoms with Crippen LogP contribution in [0.15, 0.2) is 36.7 Å². The highest BCUT2D eigenvalue weighted by molar-refractivity contribution is 5.65. The maximum absolute atomic E-state index is 4.53. The monoisotopic (exact) mass is 268 g/mol. The Kier molecular flexibility index (Phi) is 3.81. The van der Waals surface area contributed by atoms with Crippen molar-refractivity contribution in [2.45, 2.75) is 26.3 Å². The van der Waals surface area contributed by atoms with Gasteiger partial charge in [-0.25, -0.2) is 4.98 Å². The molecule has 0 aromatic carbocycles. The molecular formula is C16H20N4. The Bertz CT molecular complexity index is 559. The van der Waals surface area contributed by atoms with Crippen LogP contribution in [0.25, 0.3) is 0 Å². The number of nitrogens with one attached hydrogen (secondary N) is 1. The van der Waals surface area contributed by atoms with Crippen molar-refractivity contribution in [3.8, 4) is 0 Å². The van der Waals surface area contributed by atoms with Crippen molar-refractivity contribution in [1.29, 1.82) is 0 Å². The van der Waals surface area contributed by atoms with E-state index in [1.807, 2.05) is 18.5 Å². The molecule has 2 aromatic heterocycles. The maximum atomic E-state index is 4.53. The Morgan fingerprint density at radius 1 is 1.15 bits per heavy atom. The molecule has 0 saturated carbocycles. The summed E-state index contributed by atoms with van der Waals surface area (Å²) in [6.07, 6.45) is 6.29. The highest BCUT2D eigenvalue weighted by Crippen LogP contribution is 2.26. The van der Waals surface area contributed by atoms with Crippen LogP contribution in [0, 0.1) is 6.92 Å². The largest absolute Gasteiger partial charge is 0.376 e. The van der Waals surface area contributed by atoms with Gasteiger partial charge in [-0.05, 0) is 43.5 Å². The van der Waals surface area contributed by atoms with Crippen LogP contribution in [0.2, 0.25) is 0 Å². The summed E-state index contributed by atoms with van der Waals surface area (Å²) >= 11 is 0. The van der Waals surface area contributed by atoms with Crippen LogP contribution in [0.5, 0.6) is 0 Å². The highest BCUT2D eigenvalue weighted by Gasteiger charge is 2.16. The quantitative estimate of drug-likeness (QED) is 0.925. The molecule has 0 bridgehead atoms. The summed E-state index contributed by atoms with van der Waals surface area (Å²) in [5.74, 6) is 1.07. The van der Waals surface area contributed by atoms with E-state index in [1.54, 1.807) is 0 Å². The first-order valence-electron chi connectivity index (χ1n) is 7.18. The molecule has 4 heteroatoms. The first-order chi connectivity index (χ1) is 9.83. The van der Waals surface area contributed by atoms with Gasteiger partial charge in [0.05, 0.1) is 17.9 Å². The second-order valence-electron chi connectivity index (χ2n) is 5.25. The van der Waals surface area contributed by atoms with Crippen molar-refractivity contribution < 1.29 is 0 Å². The SMILES string of the molecule is Cc1ccc(CNc2cccnc2N2CCCC2)nc1. The predicted molar refractivity (Wildman–Crippen MR) is 82.0 cm³/mol. The number of hydrogen-bond donors (Lipinski definition) is 1. The molecular weight excluding hydrogens is 248 g/mol. The number of nitrogens with zero attached hydrogens (tertiary/aromatic N) is 3. The van der Waals surface area contributed by atoms with E-state index < -0.39 is 0 Å². The maximum Gasteiger partial charge on any atom is 0.151 e. The molecule has 0 spiro atoms. The molecule has 3 rings (SSSR count). The number of aryl methyl sites for hydroxylation is 1. The van der Waals surface area contributed by atoms with Gasteiger partial charge in [0.15, 0.2) is 5.82 Å². The van der Waals surface area contributed by atoms with Crippen LogP contribution in [-0.2, 0) is 6.54 Å². The summed E-state index contributed by atoms with van der Waals surface area (Å²) in [6.45, 7) is 4.99. The first kappa shape index (κ1) is 12.9. The van der Waals surface area contributed by atoms with Gasteiger partial charge in [0.2, 0.25) is 0 Å². The van der Waals surface area contributed by atoms with E-state index in [9.17, 15) is 0 Å². The Labute approximate surface area is 119 Å². The summed E-state index contributed by atoms with van der Waals surface area (Å²) < 4.78 is 0. The van der Waals surface area contributed by atoms with E-state index in [2.05, 4.69) is 45.3 Å². The van der Waals surface area contributed by atoms with Gasteiger partial charge in [-0.1, -0.05) is 6.07 Å². The van der Waals surface area contributed by atoms with Gasteiger partial charge in [-0.15, -0.1) is 0 Å². The number of rotatable bonds is 4. The minimum atomic E-state index is 0.729. The Balaban J connectivity index is 1.72. The van der Waals surface area contributed by atoms with Gasteiger partial charge in [-0.2, -0.15) is 0 Å². The molecule has 2 aromatic rings. The Hall–Kier alpha value is -2.10. The first-order valence-corrected chi connectivity index (χ1v) is 7.18. The smallest absolute Gasteiger partial charge is 0.151 e. The Morgan fingerprint density at radius 2 is 2.00 bits per heavy atom. The minimum Gasteiger partial charge on any atom is -0.376 e. The predicted octanol–water partition coefficient (Wildman–Crippen LogP) is 3.00. The lowest BCUT2D eigenvalue weighted by molar-refractivity contribution is 0.932. The summed E-state index contributed by atoms with van der Waals surface area (Å²) in [6, 6.07) is 8.22. The van der Waals surface area contributed by atoms with E-state index in [1.165, 1.54) is 18.4 Å². The van der Waals surface area contributed by atoms with E-state index in [0.29, 0.717) is 0 Å². The van der Waals surface area contributed by atoms with Crippen molar-refractivity contribution in [3.05, 3.63) is 47.9 Å². The summed E-state index contributed by atoms with van der Waals surface area (Å²) in [5.41, 5.74) is 3.33. The number of pyridine rings is 2. The van der Waals surface area contributed by atoms with Crippen LogP contribution in [0.4, 0.5) is 11.5 Å². The normalized spacial score (nSPS) is 14.6. The average molecular weight is 268 g/mol. The number of anilines is 2. The lowest BCUT2D eigenvalue weighted by Crippen LogP contribution is -2.20. The van der Waals surface area contributed by atoms with Crippen LogP contribution >= 0.6 is 0 Å². The van der Waals surface area contributed by atoms with Crippen molar-refractivity contribution in [2.24, 2.45) is 0 Å². The lowest BCUT2D eigenvalue weighted by Gasteiger charge is -2.20. The molecule has 1 fully saturated rings. The molecule has 0 atom stereocenters. The van der Waals surface area contributed by atoms with Crippen molar-refractivity contribution in [3.63, 3.8) is 0 Å². The third kappa shape index (κ3) is 2.90. The third-order valence-electron chi connectivity index (χ3n) is 3.62. The van der Waals surface area contributed by atoms with E-state index in [0.717, 1.165) is 36.8 Å². The highest BCUT2D eigenvalue weighted by atomic mass is 15.2. The Morgan fingerprint density at radius 3 is 2.75 bits per heavy atom. The zero-order valence-electron chi connectivity index (χ0n) is 11.8. The molecule has 1 aliphatic rings. The second-order valence-corrected chi connectivity index (χ2v) is 5.25. The van der Waals surface area contributed by atoms with E-state index >= 15 is 0 Å². The minimum absolute atomic E-state index is 0.729. The van der Waals surface area contributed by atoms with Gasteiger partial charge in [0, 0.05) is 25.5 Å². The molecule has 1 saturated heterocycles. The van der Waals surface area contributed by atoms with Crippen LogP contribution in [0.3, 0.4) is 0 Å². The standard InChI is InChI=1S/C16H20N4/c1-13-6-7-14(18-11-13)12-19-15-5-4-8-17-16(15)20-9-2-3-10-20/h4-8,11,19H,2-3,9-10,12H2,1H3. The van der Waals surface area contributed by atoms with Gasteiger partial charge < -0.3 is 10.2 Å². The molecule has 20 heavy (non-hydrogen) atoms. The molecule has 0 radical (unpaired) electrons. The topological polar surface area (TPSA) is 41.1 Å². The van der Waals surface area contributed by atoms with Gasteiger partial charge in [0.1, 0.15) is 0 Å². The van der Waals surface area contributed by atoms with Crippen molar-refractivity contribution >= 4 is 11.5 Å². The van der Waals surface area contributed by atoms with Crippen LogP contribution in [-0.4, -0.2) is 23.1 Å². The summed E-state index contributed by atoms with van der Waals surface area (Å²) in [7, 11) is 0. The second kappa shape index (κ2) is 5.90. The average Bonchev–Trinajstić information content (AvgIpc) is 3.01. The van der Waals surface area contributed by atoms with Crippen LogP contribution in [0.1, 0.15) is 24.1 Å². The zero-order valence-corrected chi connectivity index (χ0v) is 11.8. The van der Waals surface area contributed by atoms with Gasteiger partial charge in [-0.3, -0.25) is 4.98 Å².